The van der Waals surface area contributed by atoms with Crippen molar-refractivity contribution < 1.29 is 4.79 Å². The topological polar surface area (TPSA) is 88.2 Å². The van der Waals surface area contributed by atoms with Gasteiger partial charge in [-0.15, -0.1) is 0 Å². The van der Waals surface area contributed by atoms with Crippen molar-refractivity contribution >= 4 is 11.7 Å². The van der Waals surface area contributed by atoms with E-state index in [0.29, 0.717) is 11.4 Å². The molecule has 1 fully saturated rings. The molecule has 7 heteroatoms. The van der Waals surface area contributed by atoms with Crippen LogP contribution in [0.4, 0.5) is 5.82 Å². The number of aromatic nitrogens is 3. The van der Waals surface area contributed by atoms with Crippen molar-refractivity contribution in [2.75, 3.05) is 31.1 Å². The van der Waals surface area contributed by atoms with Gasteiger partial charge in [0.1, 0.15) is 5.82 Å². The smallest absolute Gasteiger partial charge is 0.252 e. The first-order chi connectivity index (χ1) is 13.7. The van der Waals surface area contributed by atoms with Crippen molar-refractivity contribution in [2.45, 2.75) is 6.54 Å². The molecule has 0 aliphatic carbocycles. The third-order valence-electron chi connectivity index (χ3n) is 4.87. The van der Waals surface area contributed by atoms with Gasteiger partial charge < -0.3 is 10.6 Å². The first kappa shape index (κ1) is 18.1. The number of carbonyl (C=O) groups is 1. The summed E-state index contributed by atoms with van der Waals surface area (Å²) in [5.74, 6) is 0.967. The Balaban J connectivity index is 1.37. The van der Waals surface area contributed by atoms with Crippen LogP contribution in [0.2, 0.25) is 0 Å². The number of anilines is 1. The van der Waals surface area contributed by atoms with E-state index in [1.165, 1.54) is 0 Å². The van der Waals surface area contributed by atoms with Gasteiger partial charge in [0.15, 0.2) is 5.82 Å². The zero-order chi connectivity index (χ0) is 19.3. The van der Waals surface area contributed by atoms with Gasteiger partial charge in [0, 0.05) is 62.4 Å². The van der Waals surface area contributed by atoms with E-state index in [9.17, 15) is 4.79 Å². The molecule has 0 radical (unpaired) electrons. The minimum Gasteiger partial charge on any atom is -0.365 e. The Morgan fingerprint density at radius 3 is 2.32 bits per heavy atom. The zero-order valence-electron chi connectivity index (χ0n) is 15.5. The highest BCUT2D eigenvalue weighted by molar-refractivity contribution is 5.97. The Hall–Kier alpha value is -3.32. The van der Waals surface area contributed by atoms with E-state index in [-0.39, 0.29) is 0 Å². The van der Waals surface area contributed by atoms with Crippen LogP contribution in [-0.2, 0) is 6.54 Å². The van der Waals surface area contributed by atoms with Crippen LogP contribution in [0, 0.1) is 0 Å². The van der Waals surface area contributed by atoms with E-state index in [4.69, 9.17) is 5.73 Å². The summed E-state index contributed by atoms with van der Waals surface area (Å²) >= 11 is 0. The molecule has 2 aromatic heterocycles. The Morgan fingerprint density at radius 2 is 1.64 bits per heavy atom. The fourth-order valence-corrected chi connectivity index (χ4v) is 3.39. The predicted octanol–water partition coefficient (Wildman–Crippen LogP) is 1.96. The maximum atomic E-state index is 11.6. The number of hydrogen-bond acceptors (Lipinski definition) is 6. The summed E-state index contributed by atoms with van der Waals surface area (Å²) in [5, 5.41) is 0. The second kappa shape index (κ2) is 8.14. The van der Waals surface area contributed by atoms with Crippen LogP contribution in [0.3, 0.4) is 0 Å². The lowest BCUT2D eigenvalue weighted by Crippen LogP contribution is -2.46. The average molecular weight is 374 g/mol. The molecule has 0 spiro atoms. The number of rotatable bonds is 5. The third kappa shape index (κ3) is 3.99. The fourth-order valence-electron chi connectivity index (χ4n) is 3.39. The van der Waals surface area contributed by atoms with E-state index in [1.807, 2.05) is 42.7 Å². The second-order valence-electron chi connectivity index (χ2n) is 6.78. The minimum atomic E-state index is -0.443. The maximum absolute atomic E-state index is 11.6. The van der Waals surface area contributed by atoms with Gasteiger partial charge >= 0.3 is 0 Å². The normalized spacial score (nSPS) is 14.8. The molecule has 3 heterocycles. The number of amides is 1. The van der Waals surface area contributed by atoms with Gasteiger partial charge in [0.05, 0.1) is 5.56 Å². The van der Waals surface area contributed by atoms with Gasteiger partial charge in [-0.1, -0.05) is 30.3 Å². The molecule has 0 bridgehead atoms. The lowest BCUT2D eigenvalue weighted by atomic mass is 10.2. The van der Waals surface area contributed by atoms with Crippen molar-refractivity contribution in [2.24, 2.45) is 5.73 Å². The van der Waals surface area contributed by atoms with Gasteiger partial charge in [-0.2, -0.15) is 0 Å². The molecule has 7 nitrogen and oxygen atoms in total. The highest BCUT2D eigenvalue weighted by Crippen LogP contribution is 2.19. The molecule has 1 aromatic carbocycles. The Morgan fingerprint density at radius 1 is 0.929 bits per heavy atom. The van der Waals surface area contributed by atoms with Gasteiger partial charge in [-0.25, -0.2) is 15.0 Å². The summed E-state index contributed by atoms with van der Waals surface area (Å²) in [4.78, 5) is 29.5. The number of piperazine rings is 1. The average Bonchev–Trinajstić information content (AvgIpc) is 2.75. The summed E-state index contributed by atoms with van der Waals surface area (Å²) in [6, 6.07) is 13.4. The van der Waals surface area contributed by atoms with Crippen LogP contribution >= 0.6 is 0 Å². The standard InChI is InChI=1S/C21H22N6O/c22-19(28)18-7-4-8-23-21(18)27-11-9-26(10-12-27)15-16-13-24-20(25-14-16)17-5-2-1-3-6-17/h1-8,13-14H,9-12,15H2,(H2,22,28). The van der Waals surface area contributed by atoms with Crippen molar-refractivity contribution in [3.8, 4) is 11.4 Å². The molecular weight excluding hydrogens is 352 g/mol. The van der Waals surface area contributed by atoms with Crippen molar-refractivity contribution in [3.05, 3.63) is 72.2 Å². The van der Waals surface area contributed by atoms with Gasteiger partial charge in [-0.3, -0.25) is 9.69 Å². The molecule has 0 saturated carbocycles. The molecular formula is C21H22N6O. The van der Waals surface area contributed by atoms with E-state index < -0.39 is 5.91 Å². The monoisotopic (exact) mass is 374 g/mol. The van der Waals surface area contributed by atoms with Crippen LogP contribution in [-0.4, -0.2) is 51.9 Å². The number of nitrogens with zero attached hydrogens (tertiary/aromatic N) is 5. The summed E-state index contributed by atoms with van der Waals surface area (Å²) in [6.45, 7) is 4.12. The summed E-state index contributed by atoms with van der Waals surface area (Å²) in [7, 11) is 0. The molecule has 28 heavy (non-hydrogen) atoms. The zero-order valence-corrected chi connectivity index (χ0v) is 15.5. The van der Waals surface area contributed by atoms with Gasteiger partial charge in [0.2, 0.25) is 0 Å². The van der Waals surface area contributed by atoms with Crippen LogP contribution < -0.4 is 10.6 Å². The SMILES string of the molecule is NC(=O)c1cccnc1N1CCN(Cc2cnc(-c3ccccc3)nc2)CC1. The van der Waals surface area contributed by atoms with Crippen molar-refractivity contribution in [3.63, 3.8) is 0 Å². The molecule has 1 amide bonds. The minimum absolute atomic E-state index is 0.443. The fraction of sp³-hybridized carbons (Fsp3) is 0.238. The van der Waals surface area contributed by atoms with Crippen LogP contribution in [0.25, 0.3) is 11.4 Å². The van der Waals surface area contributed by atoms with Crippen LogP contribution in [0.5, 0.6) is 0 Å². The number of pyridine rings is 1. The Labute approximate surface area is 163 Å². The number of primary amides is 1. The Kier molecular flexibility index (Phi) is 5.25. The molecule has 142 valence electrons. The highest BCUT2D eigenvalue weighted by atomic mass is 16.1. The molecule has 4 rings (SSSR count). The molecule has 0 atom stereocenters. The number of nitrogens with two attached hydrogens (primary N) is 1. The maximum Gasteiger partial charge on any atom is 0.252 e. The molecule has 1 saturated heterocycles. The lowest BCUT2D eigenvalue weighted by molar-refractivity contribution is 0.1000. The molecule has 2 N–H and O–H groups in total. The largest absolute Gasteiger partial charge is 0.365 e. The number of benzene rings is 1. The summed E-state index contributed by atoms with van der Waals surface area (Å²) < 4.78 is 0. The van der Waals surface area contributed by atoms with E-state index in [2.05, 4.69) is 24.8 Å². The van der Waals surface area contributed by atoms with Crippen LogP contribution in [0.1, 0.15) is 15.9 Å². The van der Waals surface area contributed by atoms with Crippen LogP contribution in [0.15, 0.2) is 61.1 Å². The van der Waals surface area contributed by atoms with Gasteiger partial charge in [-0.05, 0) is 12.1 Å². The molecule has 1 aliphatic heterocycles. The highest BCUT2D eigenvalue weighted by Gasteiger charge is 2.21. The number of carbonyl (C=O) groups excluding carboxylic acids is 1. The molecule has 1 aliphatic rings. The van der Waals surface area contributed by atoms with Crippen molar-refractivity contribution in [1.29, 1.82) is 0 Å². The summed E-state index contributed by atoms with van der Waals surface area (Å²) in [5.41, 5.74) is 8.05. The first-order valence-corrected chi connectivity index (χ1v) is 9.29. The predicted molar refractivity (Wildman–Crippen MR) is 108 cm³/mol. The quantitative estimate of drug-likeness (QED) is 0.734. The van der Waals surface area contributed by atoms with Crippen molar-refractivity contribution in [1.82, 2.24) is 19.9 Å². The van der Waals surface area contributed by atoms with E-state index >= 15 is 0 Å². The number of hydrogen-bond donors (Lipinski definition) is 1. The third-order valence-corrected chi connectivity index (χ3v) is 4.87. The van der Waals surface area contributed by atoms with E-state index in [1.54, 1.807) is 18.3 Å². The van der Waals surface area contributed by atoms with E-state index in [0.717, 1.165) is 49.7 Å². The van der Waals surface area contributed by atoms with Gasteiger partial charge in [0.25, 0.3) is 5.91 Å². The Bertz CT molecular complexity index is 937. The summed E-state index contributed by atoms with van der Waals surface area (Å²) in [6.07, 6.45) is 5.48. The molecule has 3 aromatic rings. The first-order valence-electron chi connectivity index (χ1n) is 9.29. The second-order valence-corrected chi connectivity index (χ2v) is 6.78. The lowest BCUT2D eigenvalue weighted by Gasteiger charge is -2.35. The molecule has 0 unspecified atom stereocenters.